The second-order valence-electron chi connectivity index (χ2n) is 5.28. The molecule has 4 nitrogen and oxygen atoms in total. The summed E-state index contributed by atoms with van der Waals surface area (Å²) in [6.45, 7) is 2.10. The van der Waals surface area contributed by atoms with E-state index in [1.54, 1.807) is 18.2 Å². The third-order valence-corrected chi connectivity index (χ3v) is 3.09. The van der Waals surface area contributed by atoms with Crippen molar-refractivity contribution in [2.24, 2.45) is 0 Å². The molecular weight excluding hydrogens is 326 g/mol. The van der Waals surface area contributed by atoms with Crippen molar-refractivity contribution in [3.63, 3.8) is 0 Å². The molecule has 0 saturated heterocycles. The van der Waals surface area contributed by atoms with Crippen LogP contribution in [-0.4, -0.2) is 11.2 Å². The Balaban J connectivity index is 4.27. The smallest absolute Gasteiger partial charge is 0.269 e. The van der Waals surface area contributed by atoms with Gasteiger partial charge in [-0.15, -0.1) is 0 Å². The monoisotopic (exact) mass is 354 g/mol. The van der Waals surface area contributed by atoms with Gasteiger partial charge in [0.2, 0.25) is 0 Å². The van der Waals surface area contributed by atoms with Gasteiger partial charge < -0.3 is 0 Å². The Bertz CT molecular complexity index is 591. The van der Waals surface area contributed by atoms with E-state index >= 15 is 0 Å². The van der Waals surface area contributed by atoms with Crippen molar-refractivity contribution >= 4 is 6.29 Å². The minimum absolute atomic E-state index is 0.0330. The lowest BCUT2D eigenvalue weighted by atomic mass is 10.2. The molecule has 0 N–H and O–H groups in total. The van der Waals surface area contributed by atoms with Crippen LogP contribution in [0, 0.1) is 10.1 Å². The average Bonchev–Trinajstić information content (AvgIpc) is 2.63. The standard InChI is InChI=1S/C22H28NO3/c1-2-3-4-5-6-7-8-10-13-16-19-22(23(25)26)20-17-14-11-9-12-15-18-21-24/h3-4,6-7,9-10,12-14,16-17,19-20H,2,5,8,11,15,18H2,1H3/b4-3-,7-6-,12-9-,13-10-,17-14-,19-16-,22-20+. The molecule has 0 atom stereocenters. The highest BCUT2D eigenvalue weighted by Crippen LogP contribution is 2.01. The molecule has 0 unspecified atom stereocenters. The number of rotatable bonds is 14. The van der Waals surface area contributed by atoms with Crippen molar-refractivity contribution in [3.8, 4) is 0 Å². The Morgan fingerprint density at radius 1 is 0.885 bits per heavy atom. The minimum atomic E-state index is -0.412. The lowest BCUT2D eigenvalue weighted by molar-refractivity contribution is -0.419. The normalized spacial score (nSPS) is 13.5. The lowest BCUT2D eigenvalue weighted by Crippen LogP contribution is -1.94. The molecule has 0 amide bonds. The van der Waals surface area contributed by atoms with Gasteiger partial charge in [-0.05, 0) is 32.1 Å². The Morgan fingerprint density at radius 2 is 1.50 bits per heavy atom. The molecule has 139 valence electrons. The van der Waals surface area contributed by atoms with Crippen LogP contribution in [0.1, 0.15) is 45.4 Å². The first kappa shape index (κ1) is 23.2. The molecule has 0 bridgehead atoms. The van der Waals surface area contributed by atoms with Crippen LogP contribution >= 0.6 is 0 Å². The van der Waals surface area contributed by atoms with Crippen LogP contribution in [0.5, 0.6) is 0 Å². The molecule has 1 radical (unpaired) electrons. The van der Waals surface area contributed by atoms with Gasteiger partial charge in [0, 0.05) is 18.6 Å². The van der Waals surface area contributed by atoms with E-state index in [4.69, 9.17) is 0 Å². The first-order valence-corrected chi connectivity index (χ1v) is 8.86. The van der Waals surface area contributed by atoms with Crippen molar-refractivity contribution in [2.45, 2.75) is 45.4 Å². The molecule has 0 aliphatic rings. The van der Waals surface area contributed by atoms with E-state index in [2.05, 4.69) is 31.2 Å². The summed E-state index contributed by atoms with van der Waals surface area (Å²) in [7, 11) is 0. The van der Waals surface area contributed by atoms with Crippen LogP contribution in [0.2, 0.25) is 0 Å². The maximum Gasteiger partial charge on any atom is 0.269 e. The quantitative estimate of drug-likeness (QED) is 0.127. The van der Waals surface area contributed by atoms with E-state index in [1.165, 1.54) is 12.2 Å². The third-order valence-electron chi connectivity index (χ3n) is 3.09. The fourth-order valence-electron chi connectivity index (χ4n) is 1.78. The Labute approximate surface area is 156 Å². The first-order chi connectivity index (χ1) is 12.7. The third kappa shape index (κ3) is 16.1. The molecule has 0 fully saturated rings. The zero-order valence-corrected chi connectivity index (χ0v) is 15.4. The van der Waals surface area contributed by atoms with Gasteiger partial charge in [0.15, 0.2) is 6.29 Å². The van der Waals surface area contributed by atoms with Gasteiger partial charge in [-0.2, -0.15) is 0 Å². The second-order valence-corrected chi connectivity index (χ2v) is 5.28. The summed E-state index contributed by atoms with van der Waals surface area (Å²) in [6.07, 6.45) is 30.4. The van der Waals surface area contributed by atoms with Crippen LogP contribution in [0.4, 0.5) is 0 Å². The van der Waals surface area contributed by atoms with Gasteiger partial charge in [-0.25, -0.2) is 0 Å². The van der Waals surface area contributed by atoms with Gasteiger partial charge in [-0.3, -0.25) is 14.9 Å². The largest absolute Gasteiger partial charge is 0.291 e. The highest BCUT2D eigenvalue weighted by atomic mass is 16.6. The fourth-order valence-corrected chi connectivity index (χ4v) is 1.78. The van der Waals surface area contributed by atoms with Crippen molar-refractivity contribution in [2.75, 3.05) is 0 Å². The summed E-state index contributed by atoms with van der Waals surface area (Å²) >= 11 is 0. The zero-order valence-electron chi connectivity index (χ0n) is 15.4. The molecule has 0 aromatic rings. The number of allylic oxidation sites excluding steroid dienone is 13. The van der Waals surface area contributed by atoms with Crippen molar-refractivity contribution in [1.82, 2.24) is 0 Å². The molecule has 4 heteroatoms. The van der Waals surface area contributed by atoms with E-state index in [9.17, 15) is 14.9 Å². The highest BCUT2D eigenvalue weighted by Gasteiger charge is 2.01. The second kappa shape index (κ2) is 18.6. The van der Waals surface area contributed by atoms with Crippen molar-refractivity contribution < 1.29 is 9.72 Å². The van der Waals surface area contributed by atoms with E-state index in [0.717, 1.165) is 19.3 Å². The summed E-state index contributed by atoms with van der Waals surface area (Å²) in [6, 6.07) is 0. The molecule has 0 spiro atoms. The van der Waals surface area contributed by atoms with Crippen LogP contribution in [0.15, 0.2) is 84.7 Å². The molecule has 26 heavy (non-hydrogen) atoms. The molecule has 0 aromatic carbocycles. The van der Waals surface area contributed by atoms with Crippen molar-refractivity contribution in [1.29, 1.82) is 0 Å². The molecule has 0 heterocycles. The number of hydrogen-bond donors (Lipinski definition) is 0. The number of carbonyl (C=O) groups excluding carboxylic acids is 1. The summed E-state index contributed by atoms with van der Waals surface area (Å²) in [5.41, 5.74) is 0.0330. The van der Waals surface area contributed by atoms with E-state index in [0.29, 0.717) is 19.3 Å². The minimum Gasteiger partial charge on any atom is -0.291 e. The highest BCUT2D eigenvalue weighted by molar-refractivity contribution is 5.50. The van der Waals surface area contributed by atoms with E-state index < -0.39 is 4.92 Å². The van der Waals surface area contributed by atoms with Gasteiger partial charge in [0.1, 0.15) is 0 Å². The number of unbranched alkanes of at least 4 members (excludes halogenated alkanes) is 1. The average molecular weight is 354 g/mol. The lowest BCUT2D eigenvalue weighted by Gasteiger charge is -1.88. The van der Waals surface area contributed by atoms with Crippen LogP contribution in [0.3, 0.4) is 0 Å². The number of nitrogens with zero attached hydrogens (tertiary/aromatic N) is 1. The Hall–Kier alpha value is -2.75. The van der Waals surface area contributed by atoms with Crippen LogP contribution < -0.4 is 0 Å². The molecule has 0 aliphatic heterocycles. The Kier molecular flexibility index (Phi) is 16.6. The predicted molar refractivity (Wildman–Crippen MR) is 109 cm³/mol. The molecule has 0 saturated carbocycles. The maximum atomic E-state index is 11.0. The summed E-state index contributed by atoms with van der Waals surface area (Å²) in [5.74, 6) is 0. The topological polar surface area (TPSA) is 60.2 Å². The summed E-state index contributed by atoms with van der Waals surface area (Å²) < 4.78 is 0. The molecule has 0 rings (SSSR count). The molecule has 0 aromatic heterocycles. The van der Waals surface area contributed by atoms with E-state index in [1.807, 2.05) is 30.6 Å². The summed E-state index contributed by atoms with van der Waals surface area (Å²) in [5, 5.41) is 11.0. The van der Waals surface area contributed by atoms with Crippen molar-refractivity contribution in [3.05, 3.63) is 94.8 Å². The SMILES string of the molecule is CC/C=C\C/C=C\C\C=C/C=C\C(=C/C=C\C/C=C\CC[C]=O)[N+](=O)[O-]. The van der Waals surface area contributed by atoms with Crippen LogP contribution in [-0.2, 0) is 4.79 Å². The van der Waals surface area contributed by atoms with Gasteiger partial charge in [0.05, 0.1) is 4.92 Å². The number of hydrogen-bond acceptors (Lipinski definition) is 3. The number of nitro groups is 1. The molecular formula is C22H28NO3. The van der Waals surface area contributed by atoms with E-state index in [-0.39, 0.29) is 5.70 Å². The van der Waals surface area contributed by atoms with Gasteiger partial charge in [0.25, 0.3) is 5.70 Å². The summed E-state index contributed by atoms with van der Waals surface area (Å²) in [4.78, 5) is 20.6. The van der Waals surface area contributed by atoms with Gasteiger partial charge in [-0.1, -0.05) is 73.8 Å². The molecule has 0 aliphatic carbocycles. The predicted octanol–water partition coefficient (Wildman–Crippen LogP) is 5.95. The maximum absolute atomic E-state index is 11.0. The van der Waals surface area contributed by atoms with Crippen LogP contribution in [0.25, 0.3) is 0 Å². The zero-order chi connectivity index (χ0) is 19.3. The Morgan fingerprint density at radius 3 is 2.15 bits per heavy atom. The first-order valence-electron chi connectivity index (χ1n) is 8.86. The van der Waals surface area contributed by atoms with Gasteiger partial charge >= 0.3 is 0 Å². The fraction of sp³-hybridized carbons (Fsp3) is 0.318.